The molecule has 0 saturated heterocycles. The van der Waals surface area contributed by atoms with Crippen LogP contribution in [0.15, 0.2) is 78.9 Å². The average molecular weight is 574 g/mol. The third kappa shape index (κ3) is 8.17. The molecule has 42 heavy (non-hydrogen) atoms. The van der Waals surface area contributed by atoms with E-state index in [4.69, 9.17) is 9.47 Å². The minimum absolute atomic E-state index is 0.0622. The van der Waals surface area contributed by atoms with Gasteiger partial charge in [0.05, 0.1) is 0 Å². The van der Waals surface area contributed by atoms with E-state index in [1.54, 1.807) is 24.3 Å². The standard InChI is InChI=1S/C31H31N3O8/c35-27(32-17-29(37)41-18-20-8-2-1-3-9-20)15-14-26(30(38)39)34-28(36)16-33-31(40)42-19-25-23-12-6-4-10-21(23)22-11-5-7-13-24(22)25/h1-13,25-26H,14-19H2,(H,32,35)(H,33,40)(H,34,36)(H,38,39). The first-order valence-electron chi connectivity index (χ1n) is 13.4. The van der Waals surface area contributed by atoms with Crippen LogP contribution in [0.3, 0.4) is 0 Å². The van der Waals surface area contributed by atoms with Crippen LogP contribution in [0, 0.1) is 0 Å². The summed E-state index contributed by atoms with van der Waals surface area (Å²) in [6.07, 6.45) is -1.31. The van der Waals surface area contributed by atoms with Crippen LogP contribution in [-0.4, -0.2) is 60.7 Å². The first-order valence-corrected chi connectivity index (χ1v) is 13.4. The van der Waals surface area contributed by atoms with Crippen molar-refractivity contribution >= 4 is 29.8 Å². The van der Waals surface area contributed by atoms with E-state index < -0.39 is 42.4 Å². The van der Waals surface area contributed by atoms with Gasteiger partial charge in [0.1, 0.15) is 32.3 Å². The molecule has 0 heterocycles. The third-order valence-corrected chi connectivity index (χ3v) is 6.70. The zero-order valence-corrected chi connectivity index (χ0v) is 22.7. The molecular weight excluding hydrogens is 542 g/mol. The average Bonchev–Trinajstić information content (AvgIpc) is 3.32. The molecular formula is C31H31N3O8. The highest BCUT2D eigenvalue weighted by Crippen LogP contribution is 2.44. The minimum Gasteiger partial charge on any atom is -0.480 e. The topological polar surface area (TPSA) is 160 Å². The maximum Gasteiger partial charge on any atom is 0.407 e. The van der Waals surface area contributed by atoms with Crippen molar-refractivity contribution in [3.63, 3.8) is 0 Å². The third-order valence-electron chi connectivity index (χ3n) is 6.70. The monoisotopic (exact) mass is 573 g/mol. The van der Waals surface area contributed by atoms with Gasteiger partial charge in [-0.1, -0.05) is 78.9 Å². The lowest BCUT2D eigenvalue weighted by atomic mass is 9.98. The van der Waals surface area contributed by atoms with Gasteiger partial charge in [-0.3, -0.25) is 14.4 Å². The van der Waals surface area contributed by atoms with Gasteiger partial charge in [-0.2, -0.15) is 0 Å². The lowest BCUT2D eigenvalue weighted by Gasteiger charge is -2.16. The Hall–Kier alpha value is -5.19. The Morgan fingerprint density at radius 1 is 0.738 bits per heavy atom. The molecule has 1 aliphatic carbocycles. The van der Waals surface area contributed by atoms with Crippen LogP contribution >= 0.6 is 0 Å². The molecule has 3 amide bonds. The van der Waals surface area contributed by atoms with E-state index in [0.29, 0.717) is 0 Å². The SMILES string of the molecule is O=C(CCC(NC(=O)CNC(=O)OCC1c2ccccc2-c2ccccc21)C(=O)O)NCC(=O)OCc1ccccc1. The molecule has 0 radical (unpaired) electrons. The number of alkyl carbamates (subject to hydrolysis) is 1. The summed E-state index contributed by atoms with van der Waals surface area (Å²) in [6, 6.07) is 23.4. The number of nitrogens with one attached hydrogen (secondary N) is 3. The minimum atomic E-state index is -1.38. The van der Waals surface area contributed by atoms with Gasteiger partial charge in [-0.05, 0) is 34.2 Å². The lowest BCUT2D eigenvalue weighted by molar-refractivity contribution is -0.145. The summed E-state index contributed by atoms with van der Waals surface area (Å²) in [4.78, 5) is 60.1. The zero-order chi connectivity index (χ0) is 29.9. The highest BCUT2D eigenvalue weighted by atomic mass is 16.5. The van der Waals surface area contributed by atoms with Crippen molar-refractivity contribution in [3.05, 3.63) is 95.6 Å². The van der Waals surface area contributed by atoms with Gasteiger partial charge in [0.25, 0.3) is 0 Å². The molecule has 3 aromatic carbocycles. The van der Waals surface area contributed by atoms with Crippen LogP contribution in [0.2, 0.25) is 0 Å². The quantitative estimate of drug-likeness (QED) is 0.227. The Labute approximate surface area is 242 Å². The molecule has 4 rings (SSSR count). The van der Waals surface area contributed by atoms with Gasteiger partial charge in [0, 0.05) is 12.3 Å². The number of hydrogen-bond donors (Lipinski definition) is 4. The van der Waals surface area contributed by atoms with Crippen molar-refractivity contribution in [2.75, 3.05) is 19.7 Å². The Bertz CT molecular complexity index is 1400. The number of rotatable bonds is 13. The number of carboxylic acid groups (broad SMARTS) is 1. The van der Waals surface area contributed by atoms with E-state index >= 15 is 0 Å². The summed E-state index contributed by atoms with van der Waals surface area (Å²) in [5.41, 5.74) is 5.05. The Balaban J connectivity index is 1.15. The Morgan fingerprint density at radius 3 is 2.00 bits per heavy atom. The molecule has 0 aliphatic heterocycles. The number of hydrogen-bond acceptors (Lipinski definition) is 7. The van der Waals surface area contributed by atoms with E-state index in [1.807, 2.05) is 54.6 Å². The smallest absolute Gasteiger partial charge is 0.407 e. The second-order valence-electron chi connectivity index (χ2n) is 9.60. The predicted octanol–water partition coefficient (Wildman–Crippen LogP) is 2.73. The maximum atomic E-state index is 12.3. The predicted molar refractivity (Wildman–Crippen MR) is 151 cm³/mol. The zero-order valence-electron chi connectivity index (χ0n) is 22.7. The fourth-order valence-corrected chi connectivity index (χ4v) is 4.63. The van der Waals surface area contributed by atoms with Crippen molar-refractivity contribution in [1.82, 2.24) is 16.0 Å². The van der Waals surface area contributed by atoms with E-state index in [9.17, 15) is 29.1 Å². The van der Waals surface area contributed by atoms with Crippen molar-refractivity contribution in [3.8, 4) is 11.1 Å². The number of aliphatic carboxylic acids is 1. The molecule has 1 aliphatic rings. The number of fused-ring (bicyclic) bond motifs is 3. The lowest BCUT2D eigenvalue weighted by Crippen LogP contribution is -2.46. The molecule has 3 aromatic rings. The molecule has 11 nitrogen and oxygen atoms in total. The summed E-state index contributed by atoms with van der Waals surface area (Å²) < 4.78 is 10.4. The van der Waals surface area contributed by atoms with Gasteiger partial charge in [0.15, 0.2) is 0 Å². The van der Waals surface area contributed by atoms with Crippen LogP contribution in [0.4, 0.5) is 4.79 Å². The van der Waals surface area contributed by atoms with Crippen LogP contribution in [0.1, 0.15) is 35.4 Å². The normalized spacial score (nSPS) is 12.3. The largest absolute Gasteiger partial charge is 0.480 e. The van der Waals surface area contributed by atoms with Crippen molar-refractivity contribution < 1.29 is 38.6 Å². The number of amides is 3. The summed E-state index contributed by atoms with van der Waals surface area (Å²) in [5, 5.41) is 16.4. The van der Waals surface area contributed by atoms with Crippen LogP contribution in [0.25, 0.3) is 11.1 Å². The fourth-order valence-electron chi connectivity index (χ4n) is 4.63. The molecule has 4 N–H and O–H groups in total. The second-order valence-corrected chi connectivity index (χ2v) is 9.60. The van der Waals surface area contributed by atoms with E-state index in [2.05, 4.69) is 16.0 Å². The molecule has 0 aromatic heterocycles. The van der Waals surface area contributed by atoms with Crippen molar-refractivity contribution in [1.29, 1.82) is 0 Å². The summed E-state index contributed by atoms with van der Waals surface area (Å²) >= 11 is 0. The van der Waals surface area contributed by atoms with Gasteiger partial charge in [-0.25, -0.2) is 9.59 Å². The number of esters is 1. The summed E-state index contributed by atoms with van der Waals surface area (Å²) in [6.45, 7) is -0.763. The first kappa shape index (κ1) is 29.8. The number of benzene rings is 3. The van der Waals surface area contributed by atoms with Crippen LogP contribution < -0.4 is 16.0 Å². The van der Waals surface area contributed by atoms with Gasteiger partial charge in [-0.15, -0.1) is 0 Å². The summed E-state index contributed by atoms with van der Waals surface area (Å²) in [7, 11) is 0. The number of carbonyl (C=O) groups excluding carboxylic acids is 4. The first-order chi connectivity index (χ1) is 20.3. The van der Waals surface area contributed by atoms with E-state index in [0.717, 1.165) is 27.8 Å². The maximum absolute atomic E-state index is 12.3. The van der Waals surface area contributed by atoms with E-state index in [-0.39, 0.29) is 38.5 Å². The Kier molecular flexibility index (Phi) is 10.2. The van der Waals surface area contributed by atoms with Crippen LogP contribution in [-0.2, 0) is 35.3 Å². The van der Waals surface area contributed by atoms with Gasteiger partial charge < -0.3 is 30.5 Å². The molecule has 1 atom stereocenters. The molecule has 0 fully saturated rings. The molecule has 11 heteroatoms. The number of ether oxygens (including phenoxy) is 2. The van der Waals surface area contributed by atoms with Crippen molar-refractivity contribution in [2.45, 2.75) is 31.4 Å². The highest BCUT2D eigenvalue weighted by molar-refractivity contribution is 5.87. The Morgan fingerprint density at radius 2 is 1.36 bits per heavy atom. The number of carboxylic acids is 1. The van der Waals surface area contributed by atoms with Crippen molar-refractivity contribution in [2.24, 2.45) is 0 Å². The molecule has 0 spiro atoms. The second kappa shape index (κ2) is 14.4. The van der Waals surface area contributed by atoms with E-state index in [1.165, 1.54) is 0 Å². The molecule has 218 valence electrons. The molecule has 0 bridgehead atoms. The van der Waals surface area contributed by atoms with Gasteiger partial charge in [0.2, 0.25) is 11.8 Å². The van der Waals surface area contributed by atoms with Crippen LogP contribution in [0.5, 0.6) is 0 Å². The summed E-state index contributed by atoms with van der Waals surface area (Å²) in [5.74, 6) is -3.48. The molecule has 1 unspecified atom stereocenters. The molecule has 0 saturated carbocycles. The van der Waals surface area contributed by atoms with Gasteiger partial charge >= 0.3 is 18.0 Å². The number of carbonyl (C=O) groups is 5. The fraction of sp³-hybridized carbons (Fsp3) is 0.258. The highest BCUT2D eigenvalue weighted by Gasteiger charge is 2.29.